The van der Waals surface area contributed by atoms with E-state index in [1.54, 1.807) is 6.26 Å². The molecule has 0 saturated heterocycles. The fourth-order valence-electron chi connectivity index (χ4n) is 2.88. The summed E-state index contributed by atoms with van der Waals surface area (Å²) in [5.74, 6) is 0.820. The fraction of sp³-hybridized carbons (Fsp3) is 0.167. The summed E-state index contributed by atoms with van der Waals surface area (Å²) in [5.41, 5.74) is 5.69. The van der Waals surface area contributed by atoms with Gasteiger partial charge in [0.05, 0.1) is 6.26 Å². The van der Waals surface area contributed by atoms with Gasteiger partial charge in [0.25, 0.3) is 0 Å². The minimum atomic E-state index is 0.820. The number of nitrogens with one attached hydrogen (secondary N) is 1. The lowest BCUT2D eigenvalue weighted by molar-refractivity contribution is 0.580. The number of hydrogen-bond acceptors (Lipinski definition) is 3. The molecule has 4 rings (SSSR count). The molecule has 3 aromatic rings. The molecule has 0 atom stereocenters. The Labute approximate surface area is 123 Å². The number of aryl methyl sites for hydroxylation is 1. The van der Waals surface area contributed by atoms with E-state index in [9.17, 15) is 0 Å². The highest BCUT2D eigenvalue weighted by Gasteiger charge is 2.19. The Bertz CT molecular complexity index is 748. The minimum Gasteiger partial charge on any atom is -0.463 e. The summed E-state index contributed by atoms with van der Waals surface area (Å²) < 4.78 is 5.49. The molecule has 1 N–H and O–H groups in total. The van der Waals surface area contributed by atoms with Gasteiger partial charge in [-0.1, -0.05) is 18.2 Å². The first-order valence-corrected chi connectivity index (χ1v) is 7.29. The van der Waals surface area contributed by atoms with Crippen LogP contribution in [0.2, 0.25) is 0 Å². The van der Waals surface area contributed by atoms with Crippen LogP contribution >= 0.6 is 0 Å². The van der Waals surface area contributed by atoms with E-state index in [2.05, 4.69) is 23.5 Å². The Morgan fingerprint density at radius 2 is 1.90 bits per heavy atom. The summed E-state index contributed by atoms with van der Waals surface area (Å²) in [6.07, 6.45) is 5.01. The summed E-state index contributed by atoms with van der Waals surface area (Å²) in [7, 11) is 0. The molecule has 0 fully saturated rings. The highest BCUT2D eigenvalue weighted by Crippen LogP contribution is 2.33. The van der Waals surface area contributed by atoms with Crippen LogP contribution in [-0.4, -0.2) is 4.98 Å². The maximum Gasteiger partial charge on any atom is 0.152 e. The second-order valence-corrected chi connectivity index (χ2v) is 5.30. The van der Waals surface area contributed by atoms with Crippen molar-refractivity contribution in [3.8, 4) is 11.5 Å². The summed E-state index contributed by atoms with van der Waals surface area (Å²) in [4.78, 5) is 4.76. The van der Waals surface area contributed by atoms with Crippen LogP contribution in [0.4, 0.5) is 11.4 Å². The first-order chi connectivity index (χ1) is 10.4. The lowest BCUT2D eigenvalue weighted by atomic mass is 10.1. The number of nitrogens with zero attached hydrogens (tertiary/aromatic N) is 1. The average molecular weight is 276 g/mol. The van der Waals surface area contributed by atoms with E-state index in [1.165, 1.54) is 17.7 Å². The number of fused-ring (bicyclic) bond motifs is 1. The van der Waals surface area contributed by atoms with Gasteiger partial charge in [0.2, 0.25) is 0 Å². The van der Waals surface area contributed by atoms with Crippen LogP contribution in [0.1, 0.15) is 17.7 Å². The van der Waals surface area contributed by atoms with E-state index in [0.29, 0.717) is 0 Å². The van der Waals surface area contributed by atoms with Gasteiger partial charge < -0.3 is 9.73 Å². The lowest BCUT2D eigenvalue weighted by Crippen LogP contribution is -1.99. The molecule has 3 heteroatoms. The van der Waals surface area contributed by atoms with E-state index >= 15 is 0 Å². The van der Waals surface area contributed by atoms with Crippen LogP contribution in [0.5, 0.6) is 0 Å². The van der Waals surface area contributed by atoms with Crippen molar-refractivity contribution >= 4 is 11.4 Å². The fourth-order valence-corrected chi connectivity index (χ4v) is 2.88. The molecule has 0 radical (unpaired) electrons. The van der Waals surface area contributed by atoms with E-state index in [0.717, 1.165) is 35.7 Å². The van der Waals surface area contributed by atoms with Gasteiger partial charge in [-0.25, -0.2) is 4.98 Å². The summed E-state index contributed by atoms with van der Waals surface area (Å²) >= 11 is 0. The zero-order chi connectivity index (χ0) is 14.1. The number of aromatic nitrogens is 1. The third-order valence-corrected chi connectivity index (χ3v) is 3.88. The number of rotatable bonds is 3. The molecule has 2 heterocycles. The standard InChI is InChI=1S/C18H16N2O/c1-2-6-13(7-3-1)19-16-12-17(18-10-5-11-21-18)20-15-9-4-8-14(15)16/h1-3,5-7,10-12H,4,8-9H2,(H,19,20). The van der Waals surface area contributed by atoms with Crippen LogP contribution in [0.15, 0.2) is 59.2 Å². The molecule has 21 heavy (non-hydrogen) atoms. The average Bonchev–Trinajstić information content (AvgIpc) is 3.19. The number of furan rings is 1. The minimum absolute atomic E-state index is 0.820. The van der Waals surface area contributed by atoms with Crippen molar-refractivity contribution in [2.75, 3.05) is 5.32 Å². The van der Waals surface area contributed by atoms with Gasteiger partial charge >= 0.3 is 0 Å². The third kappa shape index (κ3) is 2.31. The molecule has 1 aromatic carbocycles. The molecule has 3 nitrogen and oxygen atoms in total. The van der Waals surface area contributed by atoms with Crippen LogP contribution in [0.25, 0.3) is 11.5 Å². The molecule has 1 aliphatic rings. The predicted molar refractivity (Wildman–Crippen MR) is 83.7 cm³/mol. The maximum atomic E-state index is 5.49. The largest absolute Gasteiger partial charge is 0.463 e. The van der Waals surface area contributed by atoms with Crippen molar-refractivity contribution in [1.29, 1.82) is 0 Å². The summed E-state index contributed by atoms with van der Waals surface area (Å²) in [5, 5.41) is 3.52. The van der Waals surface area contributed by atoms with Crippen LogP contribution in [0, 0.1) is 0 Å². The van der Waals surface area contributed by atoms with Crippen LogP contribution < -0.4 is 5.32 Å². The lowest BCUT2D eigenvalue weighted by Gasteiger charge is -2.12. The molecule has 0 bridgehead atoms. The van der Waals surface area contributed by atoms with Crippen molar-refractivity contribution in [2.45, 2.75) is 19.3 Å². The number of hydrogen-bond donors (Lipinski definition) is 1. The Morgan fingerprint density at radius 3 is 2.71 bits per heavy atom. The van der Waals surface area contributed by atoms with Crippen molar-refractivity contribution in [3.63, 3.8) is 0 Å². The molecular weight excluding hydrogens is 260 g/mol. The van der Waals surface area contributed by atoms with Crippen LogP contribution in [-0.2, 0) is 12.8 Å². The molecule has 0 unspecified atom stereocenters. The van der Waals surface area contributed by atoms with Crippen molar-refractivity contribution in [2.24, 2.45) is 0 Å². The number of benzene rings is 1. The number of anilines is 2. The molecule has 1 aliphatic carbocycles. The van der Waals surface area contributed by atoms with Gasteiger partial charge in [-0.2, -0.15) is 0 Å². The first-order valence-electron chi connectivity index (χ1n) is 7.29. The molecule has 0 aliphatic heterocycles. The van der Waals surface area contributed by atoms with Gasteiger partial charge in [0, 0.05) is 17.1 Å². The van der Waals surface area contributed by atoms with Crippen LogP contribution in [0.3, 0.4) is 0 Å². The van der Waals surface area contributed by atoms with Crippen molar-refractivity contribution in [3.05, 3.63) is 66.1 Å². The van der Waals surface area contributed by atoms with Gasteiger partial charge in [-0.05, 0) is 55.2 Å². The Balaban J connectivity index is 1.78. The zero-order valence-electron chi connectivity index (χ0n) is 11.7. The summed E-state index contributed by atoms with van der Waals surface area (Å²) in [6.45, 7) is 0. The van der Waals surface area contributed by atoms with E-state index in [-0.39, 0.29) is 0 Å². The second-order valence-electron chi connectivity index (χ2n) is 5.30. The molecular formula is C18H16N2O. The first kappa shape index (κ1) is 12.2. The van der Waals surface area contributed by atoms with Gasteiger partial charge in [-0.3, -0.25) is 0 Å². The maximum absolute atomic E-state index is 5.49. The van der Waals surface area contributed by atoms with Crippen molar-refractivity contribution in [1.82, 2.24) is 4.98 Å². The van der Waals surface area contributed by atoms with Gasteiger partial charge in [0.15, 0.2) is 5.76 Å². The normalized spacial score (nSPS) is 13.1. The van der Waals surface area contributed by atoms with E-state index in [1.807, 2.05) is 30.3 Å². The molecule has 2 aromatic heterocycles. The highest BCUT2D eigenvalue weighted by molar-refractivity contribution is 5.70. The van der Waals surface area contributed by atoms with E-state index in [4.69, 9.17) is 9.40 Å². The Kier molecular flexibility index (Phi) is 2.96. The quantitative estimate of drug-likeness (QED) is 0.761. The zero-order valence-corrected chi connectivity index (χ0v) is 11.7. The van der Waals surface area contributed by atoms with Gasteiger partial charge in [-0.15, -0.1) is 0 Å². The Morgan fingerprint density at radius 1 is 1.00 bits per heavy atom. The second kappa shape index (κ2) is 5.09. The molecule has 104 valence electrons. The molecule has 0 spiro atoms. The van der Waals surface area contributed by atoms with E-state index < -0.39 is 0 Å². The van der Waals surface area contributed by atoms with Gasteiger partial charge in [0.1, 0.15) is 5.69 Å². The third-order valence-electron chi connectivity index (χ3n) is 3.88. The molecule has 0 amide bonds. The predicted octanol–water partition coefficient (Wildman–Crippen LogP) is 4.57. The van der Waals surface area contributed by atoms with Crippen molar-refractivity contribution < 1.29 is 4.42 Å². The smallest absolute Gasteiger partial charge is 0.152 e. The Hall–Kier alpha value is -2.55. The monoisotopic (exact) mass is 276 g/mol. The summed E-state index contributed by atoms with van der Waals surface area (Å²) in [6, 6.07) is 16.2. The SMILES string of the molecule is c1ccc(Nc2cc(-c3ccco3)nc3c2CCC3)cc1. The highest BCUT2D eigenvalue weighted by atomic mass is 16.3. The number of para-hydroxylation sites is 1. The number of pyridine rings is 1. The topological polar surface area (TPSA) is 38.1 Å². The molecule has 0 saturated carbocycles.